The molecule has 1 fully saturated rings. The maximum absolute atomic E-state index is 12.9. The number of nitrogens with one attached hydrogen (secondary N) is 2. The third-order valence-corrected chi connectivity index (χ3v) is 5.29. The van der Waals surface area contributed by atoms with Gasteiger partial charge in [-0.05, 0) is 55.9 Å². The molecule has 2 aliphatic rings. The Morgan fingerprint density at radius 1 is 1.22 bits per heavy atom. The Hall–Kier alpha value is -2.02. The summed E-state index contributed by atoms with van der Waals surface area (Å²) in [5, 5.41) is 6.21. The van der Waals surface area contributed by atoms with Crippen LogP contribution in [-0.2, 0) is 6.18 Å². The minimum atomic E-state index is -4.51. The number of halogens is 4. The number of nitrogens with zero attached hydrogens (tertiary/aromatic N) is 1. The summed E-state index contributed by atoms with van der Waals surface area (Å²) in [5.41, 5.74) is 0.0314. The molecule has 0 aromatic heterocycles. The number of benzene rings is 1. The van der Waals surface area contributed by atoms with Gasteiger partial charge in [-0.15, -0.1) is 0 Å². The van der Waals surface area contributed by atoms with E-state index in [9.17, 15) is 18.0 Å². The van der Waals surface area contributed by atoms with Gasteiger partial charge in [0.05, 0.1) is 22.7 Å². The molecule has 1 aliphatic heterocycles. The third-order valence-electron chi connectivity index (χ3n) is 4.96. The quantitative estimate of drug-likeness (QED) is 0.779. The van der Waals surface area contributed by atoms with Crippen molar-refractivity contribution in [3.05, 3.63) is 46.1 Å². The topological polar surface area (TPSA) is 53.5 Å². The molecule has 8 heteroatoms. The number of carbonyl (C=O) groups is 1. The number of rotatable bonds is 5. The lowest BCUT2D eigenvalue weighted by molar-refractivity contribution is -0.137. The highest BCUT2D eigenvalue weighted by atomic mass is 35.5. The fourth-order valence-electron chi connectivity index (χ4n) is 3.38. The van der Waals surface area contributed by atoms with Gasteiger partial charge in [0, 0.05) is 24.5 Å². The van der Waals surface area contributed by atoms with Crippen LogP contribution in [-0.4, -0.2) is 31.3 Å². The standard InChI is InChI=1S/C19H21ClF3N3O/c20-17-6-3-13(19(21,22)23)9-16(17)18(27)26-14-4-1-12(2-5-14)10-25-15-7-8-24-11-15/h3,6-7,9,11-12,14,25H,1-2,4-5,8,10H2,(H,26,27). The zero-order chi connectivity index (χ0) is 19.4. The Morgan fingerprint density at radius 2 is 1.96 bits per heavy atom. The van der Waals surface area contributed by atoms with Crippen LogP contribution < -0.4 is 10.6 Å². The van der Waals surface area contributed by atoms with Gasteiger partial charge in [-0.1, -0.05) is 11.6 Å². The first-order valence-electron chi connectivity index (χ1n) is 8.94. The molecule has 1 aliphatic carbocycles. The molecule has 1 amide bonds. The predicted molar refractivity (Wildman–Crippen MR) is 99.1 cm³/mol. The third kappa shape index (κ3) is 5.25. The summed E-state index contributed by atoms with van der Waals surface area (Å²) in [6.45, 7) is 1.58. The maximum Gasteiger partial charge on any atom is 0.416 e. The van der Waals surface area contributed by atoms with Crippen molar-refractivity contribution in [1.82, 2.24) is 10.6 Å². The Morgan fingerprint density at radius 3 is 2.59 bits per heavy atom. The summed E-state index contributed by atoms with van der Waals surface area (Å²) < 4.78 is 38.6. The van der Waals surface area contributed by atoms with E-state index in [0.717, 1.165) is 62.7 Å². The van der Waals surface area contributed by atoms with Crippen LogP contribution >= 0.6 is 11.6 Å². The SMILES string of the molecule is O=C(NC1CCC(CNC2=CCN=C2)CC1)c1cc(C(F)(F)F)ccc1Cl. The summed E-state index contributed by atoms with van der Waals surface area (Å²) in [7, 11) is 0. The molecule has 27 heavy (non-hydrogen) atoms. The average Bonchev–Trinajstić information content (AvgIpc) is 3.14. The number of aliphatic imine (C=N–C) groups is 1. The van der Waals surface area contributed by atoms with Gasteiger partial charge in [0.1, 0.15) is 0 Å². The number of allylic oxidation sites excluding steroid dienone is 1. The minimum Gasteiger partial charge on any atom is -0.384 e. The molecule has 146 valence electrons. The van der Waals surface area contributed by atoms with Crippen LogP contribution in [0.4, 0.5) is 13.2 Å². The van der Waals surface area contributed by atoms with Crippen LogP contribution in [0.2, 0.25) is 5.02 Å². The van der Waals surface area contributed by atoms with Crippen molar-refractivity contribution in [3.8, 4) is 0 Å². The first kappa shape index (κ1) is 19.7. The fourth-order valence-corrected chi connectivity index (χ4v) is 3.59. The zero-order valence-corrected chi connectivity index (χ0v) is 15.4. The zero-order valence-electron chi connectivity index (χ0n) is 14.7. The van der Waals surface area contributed by atoms with Gasteiger partial charge in [0.25, 0.3) is 5.91 Å². The number of hydrogen-bond acceptors (Lipinski definition) is 3. The Bertz CT molecular complexity index is 753. The highest BCUT2D eigenvalue weighted by Crippen LogP contribution is 2.32. The van der Waals surface area contributed by atoms with Crippen LogP contribution in [0.25, 0.3) is 0 Å². The molecule has 4 nitrogen and oxygen atoms in total. The van der Waals surface area contributed by atoms with Crippen LogP contribution in [0.5, 0.6) is 0 Å². The molecule has 3 rings (SSSR count). The second kappa shape index (κ2) is 8.33. The molecular formula is C19H21ClF3N3O. The van der Waals surface area contributed by atoms with E-state index in [2.05, 4.69) is 15.6 Å². The summed E-state index contributed by atoms with van der Waals surface area (Å²) >= 11 is 5.93. The van der Waals surface area contributed by atoms with E-state index in [1.807, 2.05) is 12.3 Å². The van der Waals surface area contributed by atoms with E-state index in [1.54, 1.807) is 0 Å². The van der Waals surface area contributed by atoms with E-state index >= 15 is 0 Å². The lowest BCUT2D eigenvalue weighted by atomic mass is 9.86. The van der Waals surface area contributed by atoms with Gasteiger partial charge in [-0.25, -0.2) is 0 Å². The Labute approximate surface area is 160 Å². The van der Waals surface area contributed by atoms with E-state index < -0.39 is 17.6 Å². The van der Waals surface area contributed by atoms with E-state index in [4.69, 9.17) is 11.6 Å². The lowest BCUT2D eigenvalue weighted by Crippen LogP contribution is -2.39. The van der Waals surface area contributed by atoms with Crippen molar-refractivity contribution < 1.29 is 18.0 Å². The number of amides is 1. The smallest absolute Gasteiger partial charge is 0.384 e. The van der Waals surface area contributed by atoms with Gasteiger partial charge in [-0.2, -0.15) is 13.2 Å². The maximum atomic E-state index is 12.9. The largest absolute Gasteiger partial charge is 0.416 e. The van der Waals surface area contributed by atoms with Crippen LogP contribution in [0, 0.1) is 5.92 Å². The van der Waals surface area contributed by atoms with E-state index in [1.165, 1.54) is 0 Å². The van der Waals surface area contributed by atoms with Crippen molar-refractivity contribution in [2.45, 2.75) is 37.9 Å². The second-order valence-electron chi connectivity index (χ2n) is 6.92. The van der Waals surface area contributed by atoms with Gasteiger partial charge in [-0.3, -0.25) is 9.79 Å². The molecule has 0 atom stereocenters. The first-order chi connectivity index (χ1) is 12.8. The second-order valence-corrected chi connectivity index (χ2v) is 7.33. The van der Waals surface area contributed by atoms with Crippen LogP contribution in [0.1, 0.15) is 41.6 Å². The van der Waals surface area contributed by atoms with Crippen molar-refractivity contribution >= 4 is 23.7 Å². The summed E-state index contributed by atoms with van der Waals surface area (Å²) in [4.78, 5) is 16.5. The van der Waals surface area contributed by atoms with Gasteiger partial charge >= 0.3 is 6.18 Å². The molecule has 1 aromatic rings. The van der Waals surface area contributed by atoms with Gasteiger partial charge in [0.2, 0.25) is 0 Å². The Kier molecular flexibility index (Phi) is 6.09. The van der Waals surface area contributed by atoms with Crippen molar-refractivity contribution in [3.63, 3.8) is 0 Å². The van der Waals surface area contributed by atoms with E-state index in [0.29, 0.717) is 5.92 Å². The Balaban J connectivity index is 1.51. The predicted octanol–water partition coefficient (Wildman–Crippen LogP) is 4.21. The minimum absolute atomic E-state index is 0.0184. The highest BCUT2D eigenvalue weighted by molar-refractivity contribution is 6.33. The molecule has 2 N–H and O–H groups in total. The van der Waals surface area contributed by atoms with Gasteiger partial charge in [0.15, 0.2) is 0 Å². The molecule has 0 bridgehead atoms. The molecule has 0 spiro atoms. The van der Waals surface area contributed by atoms with E-state index in [-0.39, 0.29) is 16.6 Å². The average molecular weight is 400 g/mol. The fraction of sp³-hybridized carbons (Fsp3) is 0.474. The monoisotopic (exact) mass is 399 g/mol. The molecule has 1 heterocycles. The summed E-state index contributed by atoms with van der Waals surface area (Å²) in [5.74, 6) is -0.0507. The van der Waals surface area contributed by atoms with Crippen molar-refractivity contribution in [2.24, 2.45) is 10.9 Å². The number of alkyl halides is 3. The van der Waals surface area contributed by atoms with Crippen LogP contribution in [0.3, 0.4) is 0 Å². The van der Waals surface area contributed by atoms with Crippen LogP contribution in [0.15, 0.2) is 35.0 Å². The lowest BCUT2D eigenvalue weighted by Gasteiger charge is -2.29. The first-order valence-corrected chi connectivity index (χ1v) is 9.32. The summed E-state index contributed by atoms with van der Waals surface area (Å²) in [6.07, 6.45) is 2.82. The molecule has 0 unspecified atom stereocenters. The van der Waals surface area contributed by atoms with Crippen molar-refractivity contribution in [2.75, 3.05) is 13.1 Å². The molecule has 1 aromatic carbocycles. The molecule has 1 saturated carbocycles. The van der Waals surface area contributed by atoms with Gasteiger partial charge < -0.3 is 10.6 Å². The summed E-state index contributed by atoms with van der Waals surface area (Å²) in [6, 6.07) is 2.75. The molecular weight excluding hydrogens is 379 g/mol. The van der Waals surface area contributed by atoms with Crippen molar-refractivity contribution in [1.29, 1.82) is 0 Å². The normalized spacial score (nSPS) is 22.4. The number of carbonyl (C=O) groups excluding carboxylic acids is 1. The highest BCUT2D eigenvalue weighted by Gasteiger charge is 2.32. The molecule has 0 radical (unpaired) electrons. The molecule has 0 saturated heterocycles. The number of hydrogen-bond donors (Lipinski definition) is 2.